The summed E-state index contributed by atoms with van der Waals surface area (Å²) in [6.45, 7) is 4.60. The molecule has 142 valence electrons. The van der Waals surface area contributed by atoms with E-state index in [4.69, 9.17) is 4.74 Å². The van der Waals surface area contributed by atoms with Crippen LogP contribution in [-0.4, -0.2) is 57.9 Å². The van der Waals surface area contributed by atoms with Gasteiger partial charge in [0, 0.05) is 37.1 Å². The third-order valence-electron chi connectivity index (χ3n) is 5.41. The number of carbonyl (C=O) groups excluding carboxylic acids is 1. The fourth-order valence-electron chi connectivity index (χ4n) is 3.98. The molecule has 0 unspecified atom stereocenters. The molecule has 4 rings (SSSR count). The number of hydrogen-bond donors (Lipinski definition) is 0. The third-order valence-corrected chi connectivity index (χ3v) is 5.41. The molecule has 2 aliphatic heterocycles. The highest BCUT2D eigenvalue weighted by Gasteiger charge is 2.31. The summed E-state index contributed by atoms with van der Waals surface area (Å²) in [6.07, 6.45) is 9.76. The fraction of sp³-hybridized carbons (Fsp3) is 0.476. The molecule has 1 aromatic heterocycles. The third kappa shape index (κ3) is 4.45. The molecule has 2 saturated heterocycles. The van der Waals surface area contributed by atoms with Gasteiger partial charge in [-0.05, 0) is 63.0 Å². The molecule has 1 amide bonds. The Balaban J connectivity index is 1.35. The van der Waals surface area contributed by atoms with Crippen molar-refractivity contribution in [2.24, 2.45) is 0 Å². The molecule has 0 bridgehead atoms. The molecule has 0 radical (unpaired) electrons. The number of benzene rings is 1. The van der Waals surface area contributed by atoms with E-state index in [0.717, 1.165) is 42.9 Å². The molecular weight excluding hydrogens is 340 g/mol. The van der Waals surface area contributed by atoms with Gasteiger partial charge < -0.3 is 14.5 Å². The molecule has 1 aromatic carbocycles. The molecule has 1 atom stereocenters. The van der Waals surface area contributed by atoms with Gasteiger partial charge in [0.2, 0.25) is 0 Å². The Kier molecular flexibility index (Phi) is 5.63. The lowest BCUT2D eigenvalue weighted by Gasteiger charge is -2.28. The number of likely N-dealkylation sites (tertiary alicyclic amines) is 2. The maximum Gasteiger partial charge on any atom is 0.254 e. The van der Waals surface area contributed by atoms with Gasteiger partial charge in [-0.25, -0.2) is 0 Å². The molecule has 0 saturated carbocycles. The molecule has 27 heavy (non-hydrogen) atoms. The highest BCUT2D eigenvalue weighted by Crippen LogP contribution is 2.23. The molecule has 6 nitrogen and oxygen atoms in total. The first-order valence-corrected chi connectivity index (χ1v) is 9.81. The highest BCUT2D eigenvalue weighted by atomic mass is 16.5. The maximum atomic E-state index is 13.0. The molecule has 0 N–H and O–H groups in total. The fourth-order valence-corrected chi connectivity index (χ4v) is 3.98. The lowest BCUT2D eigenvalue weighted by Crippen LogP contribution is -2.42. The van der Waals surface area contributed by atoms with Crippen molar-refractivity contribution in [3.05, 3.63) is 54.1 Å². The Morgan fingerprint density at radius 1 is 1.07 bits per heavy atom. The minimum atomic E-state index is 0.136. The smallest absolute Gasteiger partial charge is 0.254 e. The summed E-state index contributed by atoms with van der Waals surface area (Å²) < 4.78 is 5.73. The van der Waals surface area contributed by atoms with Gasteiger partial charge in [0.25, 0.3) is 5.91 Å². The monoisotopic (exact) mass is 366 g/mol. The van der Waals surface area contributed by atoms with Crippen molar-refractivity contribution in [3.63, 3.8) is 0 Å². The van der Waals surface area contributed by atoms with Crippen LogP contribution in [0.25, 0.3) is 0 Å². The van der Waals surface area contributed by atoms with E-state index in [1.54, 1.807) is 18.6 Å². The van der Waals surface area contributed by atoms with Gasteiger partial charge in [-0.1, -0.05) is 0 Å². The SMILES string of the molecule is O=C(c1ccc(OCc2cnccn2)cc1)N1CCC[C@H]1CN1CCCC1. The second-order valence-corrected chi connectivity index (χ2v) is 7.31. The summed E-state index contributed by atoms with van der Waals surface area (Å²) in [5.74, 6) is 0.865. The number of aromatic nitrogens is 2. The minimum Gasteiger partial charge on any atom is -0.487 e. The molecule has 2 aliphatic rings. The zero-order valence-electron chi connectivity index (χ0n) is 15.6. The highest BCUT2D eigenvalue weighted by molar-refractivity contribution is 5.94. The van der Waals surface area contributed by atoms with Crippen LogP contribution in [0.3, 0.4) is 0 Å². The summed E-state index contributed by atoms with van der Waals surface area (Å²) in [7, 11) is 0. The maximum absolute atomic E-state index is 13.0. The minimum absolute atomic E-state index is 0.136. The van der Waals surface area contributed by atoms with E-state index in [1.165, 1.54) is 25.9 Å². The number of hydrogen-bond acceptors (Lipinski definition) is 5. The van der Waals surface area contributed by atoms with Gasteiger partial charge in [-0.3, -0.25) is 14.8 Å². The Labute approximate surface area is 160 Å². The molecule has 3 heterocycles. The summed E-state index contributed by atoms with van der Waals surface area (Å²) in [6, 6.07) is 7.78. The zero-order valence-corrected chi connectivity index (χ0v) is 15.6. The van der Waals surface area contributed by atoms with Crippen molar-refractivity contribution < 1.29 is 9.53 Å². The molecule has 2 fully saturated rings. The van der Waals surface area contributed by atoms with Crippen LogP contribution in [-0.2, 0) is 6.61 Å². The Bertz CT molecular complexity index is 745. The number of ether oxygens (including phenoxy) is 1. The number of amides is 1. The quantitative estimate of drug-likeness (QED) is 0.787. The van der Waals surface area contributed by atoms with Gasteiger partial charge in [-0.15, -0.1) is 0 Å². The molecule has 2 aromatic rings. The Morgan fingerprint density at radius 3 is 2.63 bits per heavy atom. The normalized spacial score (nSPS) is 20.1. The topological polar surface area (TPSA) is 58.6 Å². The van der Waals surface area contributed by atoms with Gasteiger partial charge in [0.15, 0.2) is 0 Å². The van der Waals surface area contributed by atoms with Crippen molar-refractivity contribution >= 4 is 5.91 Å². The summed E-state index contributed by atoms with van der Waals surface area (Å²) in [5.41, 5.74) is 1.51. The lowest BCUT2D eigenvalue weighted by atomic mass is 10.1. The van der Waals surface area contributed by atoms with Crippen LogP contribution in [0.2, 0.25) is 0 Å². The van der Waals surface area contributed by atoms with Crippen LogP contribution in [0.4, 0.5) is 0 Å². The second kappa shape index (κ2) is 8.48. The largest absolute Gasteiger partial charge is 0.487 e. The van der Waals surface area contributed by atoms with Crippen LogP contribution in [0.5, 0.6) is 5.75 Å². The molecule has 6 heteroatoms. The van der Waals surface area contributed by atoms with Crippen molar-refractivity contribution in [2.75, 3.05) is 26.2 Å². The molecule has 0 aliphatic carbocycles. The lowest BCUT2D eigenvalue weighted by molar-refractivity contribution is 0.0708. The summed E-state index contributed by atoms with van der Waals surface area (Å²) in [5, 5.41) is 0. The van der Waals surface area contributed by atoms with Crippen LogP contribution < -0.4 is 4.74 Å². The van der Waals surface area contributed by atoms with E-state index in [-0.39, 0.29) is 5.91 Å². The van der Waals surface area contributed by atoms with Crippen LogP contribution in [0, 0.1) is 0 Å². The van der Waals surface area contributed by atoms with Gasteiger partial charge in [0.1, 0.15) is 12.4 Å². The van der Waals surface area contributed by atoms with Crippen molar-refractivity contribution in [1.29, 1.82) is 0 Å². The van der Waals surface area contributed by atoms with E-state index < -0.39 is 0 Å². The standard InChI is InChI=1S/C21H26N4O2/c26-21(25-13-3-4-19(25)15-24-11-1-2-12-24)17-5-7-20(8-6-17)27-16-18-14-22-9-10-23-18/h5-10,14,19H,1-4,11-13,15-16H2/t19-/m0/s1. The Morgan fingerprint density at radius 2 is 1.89 bits per heavy atom. The predicted molar refractivity (Wildman–Crippen MR) is 103 cm³/mol. The number of rotatable bonds is 6. The summed E-state index contributed by atoms with van der Waals surface area (Å²) >= 11 is 0. The first kappa shape index (κ1) is 17.9. The summed E-state index contributed by atoms with van der Waals surface area (Å²) in [4.78, 5) is 25.7. The number of nitrogens with zero attached hydrogens (tertiary/aromatic N) is 4. The van der Waals surface area contributed by atoms with Crippen molar-refractivity contribution in [2.45, 2.75) is 38.3 Å². The van der Waals surface area contributed by atoms with E-state index in [2.05, 4.69) is 19.8 Å². The first-order chi connectivity index (χ1) is 13.3. The predicted octanol–water partition coefficient (Wildman–Crippen LogP) is 2.76. The second-order valence-electron chi connectivity index (χ2n) is 7.31. The Hall–Kier alpha value is -2.47. The van der Waals surface area contributed by atoms with Crippen LogP contribution in [0.15, 0.2) is 42.9 Å². The van der Waals surface area contributed by atoms with E-state index in [9.17, 15) is 4.79 Å². The zero-order chi connectivity index (χ0) is 18.5. The molecular formula is C21H26N4O2. The van der Waals surface area contributed by atoms with Crippen molar-refractivity contribution in [1.82, 2.24) is 19.8 Å². The van der Waals surface area contributed by atoms with Crippen molar-refractivity contribution in [3.8, 4) is 5.75 Å². The van der Waals surface area contributed by atoms with Crippen LogP contribution in [0.1, 0.15) is 41.7 Å². The van der Waals surface area contributed by atoms with E-state index in [0.29, 0.717) is 12.6 Å². The number of carbonyl (C=O) groups is 1. The first-order valence-electron chi connectivity index (χ1n) is 9.81. The molecule has 0 spiro atoms. The van der Waals surface area contributed by atoms with E-state index >= 15 is 0 Å². The van der Waals surface area contributed by atoms with Gasteiger partial charge >= 0.3 is 0 Å². The average Bonchev–Trinajstić information content (AvgIpc) is 3.40. The van der Waals surface area contributed by atoms with Gasteiger partial charge in [0.05, 0.1) is 11.9 Å². The van der Waals surface area contributed by atoms with Gasteiger partial charge in [-0.2, -0.15) is 0 Å². The van der Waals surface area contributed by atoms with E-state index in [1.807, 2.05) is 24.3 Å². The average molecular weight is 366 g/mol. The van der Waals surface area contributed by atoms with Crippen LogP contribution >= 0.6 is 0 Å².